The zero-order chi connectivity index (χ0) is 25.5. The highest BCUT2D eigenvalue weighted by Gasteiger charge is 2.31. The smallest absolute Gasteiger partial charge is 0.243 e. The van der Waals surface area contributed by atoms with Gasteiger partial charge in [0.15, 0.2) is 0 Å². The maximum atomic E-state index is 13.8. The Morgan fingerprint density at radius 1 is 0.857 bits per heavy atom. The Labute approximate surface area is 226 Å². The van der Waals surface area contributed by atoms with Gasteiger partial charge in [0.1, 0.15) is 6.04 Å². The molecule has 1 N–H and O–H groups in total. The van der Waals surface area contributed by atoms with Gasteiger partial charge in [0, 0.05) is 39.1 Å². The number of halogens is 4. The minimum atomic E-state index is -0.791. The molecule has 0 spiro atoms. The van der Waals surface area contributed by atoms with Crippen molar-refractivity contribution in [2.45, 2.75) is 45.3 Å². The van der Waals surface area contributed by atoms with E-state index < -0.39 is 6.04 Å². The largest absolute Gasteiger partial charge is 0.352 e. The zero-order valence-electron chi connectivity index (χ0n) is 19.4. The third kappa shape index (κ3) is 7.62. The van der Waals surface area contributed by atoms with Gasteiger partial charge >= 0.3 is 0 Å². The van der Waals surface area contributed by atoms with Crippen molar-refractivity contribution < 1.29 is 9.59 Å². The Morgan fingerprint density at radius 3 is 2.11 bits per heavy atom. The number of hydrogen-bond donors (Lipinski definition) is 1. The van der Waals surface area contributed by atoms with Crippen LogP contribution < -0.4 is 5.32 Å². The molecule has 3 aromatic rings. The molecule has 8 heteroatoms. The van der Waals surface area contributed by atoms with Crippen LogP contribution in [0, 0.1) is 0 Å². The molecule has 0 bridgehead atoms. The van der Waals surface area contributed by atoms with E-state index in [9.17, 15) is 9.59 Å². The first-order valence-corrected chi connectivity index (χ1v) is 12.7. The van der Waals surface area contributed by atoms with E-state index in [1.54, 1.807) is 41.3 Å². The number of rotatable bonds is 9. The molecule has 4 nitrogen and oxygen atoms in total. The topological polar surface area (TPSA) is 49.4 Å². The van der Waals surface area contributed by atoms with Gasteiger partial charge in [0.25, 0.3) is 0 Å². The summed E-state index contributed by atoms with van der Waals surface area (Å²) in [6, 6.07) is 18.8. The zero-order valence-corrected chi connectivity index (χ0v) is 22.4. The number of amides is 2. The molecule has 0 saturated carbocycles. The predicted molar refractivity (Wildman–Crippen MR) is 144 cm³/mol. The first-order chi connectivity index (χ1) is 16.7. The van der Waals surface area contributed by atoms with Gasteiger partial charge in [-0.3, -0.25) is 9.59 Å². The van der Waals surface area contributed by atoms with E-state index in [1.165, 1.54) is 0 Å². The fourth-order valence-corrected chi connectivity index (χ4v) is 4.72. The van der Waals surface area contributed by atoms with Crippen molar-refractivity contribution in [3.63, 3.8) is 0 Å². The van der Waals surface area contributed by atoms with Crippen molar-refractivity contribution in [3.8, 4) is 0 Å². The van der Waals surface area contributed by atoms with E-state index in [0.717, 1.165) is 5.56 Å². The van der Waals surface area contributed by atoms with Crippen molar-refractivity contribution in [2.24, 2.45) is 0 Å². The number of nitrogens with one attached hydrogen (secondary N) is 1. The van der Waals surface area contributed by atoms with E-state index in [1.807, 2.05) is 44.2 Å². The highest BCUT2D eigenvalue weighted by molar-refractivity contribution is 6.36. The van der Waals surface area contributed by atoms with Crippen LogP contribution in [0.1, 0.15) is 30.5 Å². The van der Waals surface area contributed by atoms with Crippen molar-refractivity contribution in [1.29, 1.82) is 0 Å². The van der Waals surface area contributed by atoms with Crippen molar-refractivity contribution in [2.75, 3.05) is 0 Å². The molecule has 0 unspecified atom stereocenters. The Morgan fingerprint density at radius 2 is 1.51 bits per heavy atom. The van der Waals surface area contributed by atoms with Crippen LogP contribution in [0.15, 0.2) is 66.7 Å². The minimum Gasteiger partial charge on any atom is -0.352 e. The SMILES string of the molecule is CC(C)NC(=O)[C@H](Cc1ccccc1)N(Cc1ccc(Cl)cc1Cl)C(=O)Cc1c(Cl)cccc1Cl. The maximum Gasteiger partial charge on any atom is 0.243 e. The summed E-state index contributed by atoms with van der Waals surface area (Å²) in [7, 11) is 0. The molecule has 0 aliphatic carbocycles. The third-order valence-electron chi connectivity index (χ3n) is 5.45. The third-order valence-corrected chi connectivity index (χ3v) is 6.74. The van der Waals surface area contributed by atoms with Gasteiger partial charge in [0.2, 0.25) is 11.8 Å². The lowest BCUT2D eigenvalue weighted by molar-refractivity contribution is -0.141. The first-order valence-electron chi connectivity index (χ1n) is 11.2. The first kappa shape index (κ1) is 27.3. The molecule has 3 rings (SSSR count). The number of nitrogens with zero attached hydrogens (tertiary/aromatic N) is 1. The highest BCUT2D eigenvalue weighted by atomic mass is 35.5. The highest BCUT2D eigenvalue weighted by Crippen LogP contribution is 2.28. The quantitative estimate of drug-likeness (QED) is 0.311. The Balaban J connectivity index is 2.04. The van der Waals surface area contributed by atoms with Gasteiger partial charge in [-0.25, -0.2) is 0 Å². The van der Waals surface area contributed by atoms with Crippen LogP contribution in [0.25, 0.3) is 0 Å². The van der Waals surface area contributed by atoms with Crippen LogP contribution in [-0.4, -0.2) is 28.8 Å². The van der Waals surface area contributed by atoms with Gasteiger partial charge in [-0.05, 0) is 54.8 Å². The van der Waals surface area contributed by atoms with Crippen molar-refractivity contribution in [1.82, 2.24) is 10.2 Å². The van der Waals surface area contributed by atoms with Crippen molar-refractivity contribution in [3.05, 3.63) is 104 Å². The molecule has 0 saturated heterocycles. The molecule has 0 aliphatic rings. The van der Waals surface area contributed by atoms with Crippen LogP contribution >= 0.6 is 46.4 Å². The summed E-state index contributed by atoms with van der Waals surface area (Å²) in [6.45, 7) is 3.87. The standard InChI is InChI=1S/C27H26Cl4N2O2/c1-17(2)32-27(35)25(13-18-7-4-3-5-8-18)33(16-19-11-12-20(28)14-24(19)31)26(34)15-21-22(29)9-6-10-23(21)30/h3-12,14,17,25H,13,15-16H2,1-2H3,(H,32,35)/t25-/m0/s1. The molecule has 3 aromatic carbocycles. The summed E-state index contributed by atoms with van der Waals surface area (Å²) < 4.78 is 0. The lowest BCUT2D eigenvalue weighted by Crippen LogP contribution is -2.52. The molecular formula is C27H26Cl4N2O2. The fourth-order valence-electron chi connectivity index (χ4n) is 3.72. The lowest BCUT2D eigenvalue weighted by atomic mass is 10.0. The second-order valence-electron chi connectivity index (χ2n) is 8.50. The molecule has 35 heavy (non-hydrogen) atoms. The lowest BCUT2D eigenvalue weighted by Gasteiger charge is -2.32. The predicted octanol–water partition coefficient (Wildman–Crippen LogP) is 7.01. The minimum absolute atomic E-state index is 0.0655. The van der Waals surface area contributed by atoms with E-state index in [-0.39, 0.29) is 30.8 Å². The molecule has 0 heterocycles. The van der Waals surface area contributed by atoms with Crippen LogP contribution in [0.5, 0.6) is 0 Å². The summed E-state index contributed by atoms with van der Waals surface area (Å²) in [5.74, 6) is -0.557. The van der Waals surface area contributed by atoms with E-state index >= 15 is 0 Å². The second-order valence-corrected chi connectivity index (χ2v) is 10.2. The normalized spacial score (nSPS) is 11.9. The monoisotopic (exact) mass is 550 g/mol. The number of benzene rings is 3. The number of hydrogen-bond acceptors (Lipinski definition) is 2. The molecular weight excluding hydrogens is 526 g/mol. The molecule has 1 atom stereocenters. The van der Waals surface area contributed by atoms with E-state index in [0.29, 0.717) is 37.6 Å². The Bertz CT molecular complexity index is 1160. The van der Waals surface area contributed by atoms with Gasteiger partial charge < -0.3 is 10.2 Å². The van der Waals surface area contributed by atoms with Crippen LogP contribution in [0.4, 0.5) is 0 Å². The molecule has 0 radical (unpaired) electrons. The van der Waals surface area contributed by atoms with Crippen LogP contribution in [0.2, 0.25) is 20.1 Å². The van der Waals surface area contributed by atoms with Gasteiger partial charge in [0.05, 0.1) is 6.42 Å². The van der Waals surface area contributed by atoms with E-state index in [2.05, 4.69) is 5.32 Å². The summed E-state index contributed by atoms with van der Waals surface area (Å²) in [4.78, 5) is 28.7. The molecule has 2 amide bonds. The average Bonchev–Trinajstić information content (AvgIpc) is 2.80. The summed E-state index contributed by atoms with van der Waals surface area (Å²) in [5, 5.41) is 4.63. The average molecular weight is 552 g/mol. The summed E-state index contributed by atoms with van der Waals surface area (Å²) in [6.07, 6.45) is 0.260. The Kier molecular flexibility index (Phi) is 9.88. The summed E-state index contributed by atoms with van der Waals surface area (Å²) >= 11 is 25.2. The second kappa shape index (κ2) is 12.6. The van der Waals surface area contributed by atoms with Gasteiger partial charge in [-0.2, -0.15) is 0 Å². The molecule has 0 fully saturated rings. The maximum absolute atomic E-state index is 13.8. The summed E-state index contributed by atoms with van der Waals surface area (Å²) in [5.41, 5.74) is 2.10. The number of carbonyl (C=O) groups is 2. The van der Waals surface area contributed by atoms with Crippen LogP contribution in [-0.2, 0) is 29.0 Å². The molecule has 184 valence electrons. The fraction of sp³-hybridized carbons (Fsp3) is 0.259. The van der Waals surface area contributed by atoms with Crippen LogP contribution in [0.3, 0.4) is 0 Å². The van der Waals surface area contributed by atoms with Gasteiger partial charge in [-0.15, -0.1) is 0 Å². The van der Waals surface area contributed by atoms with Gasteiger partial charge in [-0.1, -0.05) is 88.9 Å². The molecule has 0 aliphatic heterocycles. The molecule has 0 aromatic heterocycles. The van der Waals surface area contributed by atoms with Crippen molar-refractivity contribution >= 4 is 58.2 Å². The Hall–Kier alpha value is -2.24. The number of carbonyl (C=O) groups excluding carboxylic acids is 2. The van der Waals surface area contributed by atoms with E-state index in [4.69, 9.17) is 46.4 Å².